The number of hydrogen-bond acceptors (Lipinski definition) is 17. The number of aromatic nitrogens is 13. The van der Waals surface area contributed by atoms with E-state index < -0.39 is 40.4 Å². The van der Waals surface area contributed by atoms with Crippen LogP contribution in [0.15, 0.2) is 223 Å². The van der Waals surface area contributed by atoms with Crippen molar-refractivity contribution in [2.45, 2.75) is 181 Å². The van der Waals surface area contributed by atoms with E-state index in [1.807, 2.05) is 124 Å². The van der Waals surface area contributed by atoms with Crippen LogP contribution in [0.25, 0.3) is 45.0 Å². The zero-order valence-electron chi connectivity index (χ0n) is 72.8. The van der Waals surface area contributed by atoms with Crippen LogP contribution in [0.4, 0.5) is 0 Å². The molecule has 2 aromatic carbocycles. The lowest BCUT2D eigenvalue weighted by atomic mass is 10.1. The van der Waals surface area contributed by atoms with Crippen LogP contribution >= 0.6 is 95.3 Å². The third-order valence-corrected chi connectivity index (χ3v) is 29.3. The van der Waals surface area contributed by atoms with Crippen LogP contribution in [0.1, 0.15) is 29.5 Å². The van der Waals surface area contributed by atoms with E-state index in [0.29, 0.717) is 45.3 Å². The van der Waals surface area contributed by atoms with E-state index >= 15 is 0 Å². The summed E-state index contributed by atoms with van der Waals surface area (Å²) in [6, 6.07) is 46.7. The highest BCUT2D eigenvalue weighted by Gasteiger charge is 2.20. The Morgan fingerprint density at radius 2 is 0.808 bits per heavy atom. The molecule has 1 aliphatic rings. The number of aliphatic imine (C=N–C) groups is 1. The summed E-state index contributed by atoms with van der Waals surface area (Å²) in [6.07, 6.45) is 31.7. The molecule has 120 heavy (non-hydrogen) atoms. The van der Waals surface area contributed by atoms with Crippen LogP contribution < -0.4 is 4.74 Å². The van der Waals surface area contributed by atoms with Crippen molar-refractivity contribution in [2.24, 2.45) is 4.99 Å². The Morgan fingerprint density at radius 1 is 0.417 bits per heavy atom. The van der Waals surface area contributed by atoms with Crippen LogP contribution in [0.2, 0.25) is 128 Å². The Hall–Kier alpha value is -6.12. The molecule has 0 saturated carbocycles. The molecule has 11 aromatic rings. The van der Waals surface area contributed by atoms with Crippen molar-refractivity contribution < 1.29 is 33.5 Å². The first-order valence-electron chi connectivity index (χ1n) is 40.7. The molecule has 0 spiro atoms. The second-order valence-corrected chi connectivity index (χ2v) is 67.0. The van der Waals surface area contributed by atoms with E-state index in [4.69, 9.17) is 40.0 Å². The van der Waals surface area contributed by atoms with Crippen LogP contribution in [0.3, 0.4) is 0 Å². The number of halogens is 5. The molecule has 31 heteroatoms. The van der Waals surface area contributed by atoms with Crippen molar-refractivity contribution in [1.82, 2.24) is 64.0 Å². The molecule has 10 heterocycles. The smallest absolute Gasteiger partial charge is 0.165 e. The Morgan fingerprint density at radius 3 is 1.23 bits per heavy atom. The van der Waals surface area contributed by atoms with Gasteiger partial charge in [-0.15, -0.1) is 0 Å². The minimum Gasteiger partial charge on any atom is -0.504 e. The monoisotopic (exact) mass is 2140 g/mol. The SMILES string of the molecule is BrCCCc1ccccc1.C[Si](C)(C)CCOCCl.C[Si](C)(C)CCOCn1cc(I)c(-c2cccnc2)n1.C[Si](C)(C)CCOCn1cc(O)c(-c2cccnc2)n1.C[Si](C)(C)CCOCn1cc(OCCCc2ccccc2)c(-c2cccnc2)n1.C[Si](C)(C)CCOCn1ncc(I)c1-c1cccnc1.IC1=CCN=C1c1cccnc1. The molecular formula is C89H125BrClI3N14O7Si5. The number of aromatic hydroxyl groups is 1. The Balaban J connectivity index is 0.000000224. The van der Waals surface area contributed by atoms with E-state index in [0.717, 1.165) is 133 Å². The van der Waals surface area contributed by atoms with Gasteiger partial charge < -0.3 is 33.5 Å². The Bertz CT molecular complexity index is 4560. The van der Waals surface area contributed by atoms with Crippen LogP contribution in [-0.2, 0) is 63.4 Å². The minimum atomic E-state index is -1.09. The lowest BCUT2D eigenvalue weighted by Gasteiger charge is -2.16. The number of aryl methyl sites for hydroxylation is 2. The molecule has 1 aliphatic heterocycles. The summed E-state index contributed by atoms with van der Waals surface area (Å²) in [5.41, 5.74) is 12.2. The van der Waals surface area contributed by atoms with Gasteiger partial charge in [-0.25, -0.2) is 18.7 Å². The molecule has 12 rings (SSSR count). The van der Waals surface area contributed by atoms with Gasteiger partial charge in [0.25, 0.3) is 0 Å². The van der Waals surface area contributed by atoms with Crippen LogP contribution in [0.5, 0.6) is 11.5 Å². The largest absolute Gasteiger partial charge is 0.504 e. The first kappa shape index (κ1) is 103. The third-order valence-electron chi connectivity index (χ3n) is 17.5. The quantitative estimate of drug-likeness (QED) is 0.0165. The van der Waals surface area contributed by atoms with Gasteiger partial charge in [0.1, 0.15) is 50.1 Å². The van der Waals surface area contributed by atoms with Crippen LogP contribution in [-0.4, -0.2) is 173 Å². The first-order chi connectivity index (χ1) is 57.3. The summed E-state index contributed by atoms with van der Waals surface area (Å²) in [4.78, 5) is 25.0. The highest BCUT2D eigenvalue weighted by Crippen LogP contribution is 2.31. The van der Waals surface area contributed by atoms with Crippen molar-refractivity contribution in [2.75, 3.05) is 57.6 Å². The number of benzene rings is 2. The van der Waals surface area contributed by atoms with Gasteiger partial charge in [-0.3, -0.25) is 29.9 Å². The van der Waals surface area contributed by atoms with Gasteiger partial charge in [0, 0.05) is 178 Å². The van der Waals surface area contributed by atoms with Gasteiger partial charge in [-0.05, 0) is 202 Å². The molecule has 1 N–H and O–H groups in total. The van der Waals surface area contributed by atoms with Gasteiger partial charge >= 0.3 is 0 Å². The lowest BCUT2D eigenvalue weighted by Crippen LogP contribution is -2.22. The van der Waals surface area contributed by atoms with E-state index in [2.05, 4.69) is 293 Å². The lowest BCUT2D eigenvalue weighted by molar-refractivity contribution is 0.0784. The molecule has 0 atom stereocenters. The fraction of sp³-hybridized carbons (Fsp3) is 0.416. The molecule has 0 unspecified atom stereocenters. The fourth-order valence-corrected chi connectivity index (χ4v) is 16.9. The second kappa shape index (κ2) is 55.3. The van der Waals surface area contributed by atoms with Gasteiger partial charge in [0.2, 0.25) is 0 Å². The number of rotatable bonds is 37. The molecule has 0 fully saturated rings. The molecule has 0 bridgehead atoms. The molecular weight excluding hydrogens is 2010 g/mol. The number of hydrogen-bond donors (Lipinski definition) is 1. The van der Waals surface area contributed by atoms with Gasteiger partial charge in [0.05, 0.1) is 50.3 Å². The zero-order valence-corrected chi connectivity index (χ0v) is 86.6. The highest BCUT2D eigenvalue weighted by atomic mass is 127. The Labute approximate surface area is 773 Å². The normalized spacial score (nSPS) is 12.0. The van der Waals surface area contributed by atoms with Crippen molar-refractivity contribution in [3.63, 3.8) is 0 Å². The van der Waals surface area contributed by atoms with Crippen LogP contribution in [0, 0.1) is 7.14 Å². The molecule has 0 amide bonds. The zero-order chi connectivity index (χ0) is 87.2. The summed E-state index contributed by atoms with van der Waals surface area (Å²) in [5, 5.41) is 29.0. The third kappa shape index (κ3) is 43.5. The van der Waals surface area contributed by atoms with Crippen molar-refractivity contribution in [1.29, 1.82) is 0 Å². The molecule has 648 valence electrons. The van der Waals surface area contributed by atoms with Gasteiger partial charge in [0.15, 0.2) is 11.5 Å². The molecule has 0 saturated heterocycles. The Kier molecular flexibility index (Phi) is 47.3. The fourth-order valence-electron chi connectivity index (χ4n) is 10.6. The maximum Gasteiger partial charge on any atom is 0.165 e. The number of ether oxygens (including phenoxy) is 6. The molecule has 21 nitrogen and oxygen atoms in total. The maximum absolute atomic E-state index is 9.91. The molecule has 0 aliphatic carbocycles. The predicted molar refractivity (Wildman–Crippen MR) is 537 cm³/mol. The topological polar surface area (TPSA) is 224 Å². The predicted octanol–water partition coefficient (Wildman–Crippen LogP) is 23.7. The first-order valence-corrected chi connectivity index (χ1v) is 64.1. The van der Waals surface area contributed by atoms with Crippen molar-refractivity contribution in [3.05, 3.63) is 242 Å². The highest BCUT2D eigenvalue weighted by molar-refractivity contribution is 14.1. The number of alkyl halides is 2. The average Bonchev–Trinajstić information content (AvgIpc) is 1.60. The van der Waals surface area contributed by atoms with E-state index in [9.17, 15) is 5.11 Å². The van der Waals surface area contributed by atoms with E-state index in [-0.39, 0.29) is 5.75 Å². The molecule has 0 radical (unpaired) electrons. The number of nitrogens with zero attached hydrogens (tertiary/aromatic N) is 14. The van der Waals surface area contributed by atoms with E-state index in [1.165, 1.54) is 45.7 Å². The van der Waals surface area contributed by atoms with Gasteiger partial charge in [-0.1, -0.05) is 186 Å². The number of pyridine rings is 5. The van der Waals surface area contributed by atoms with Crippen molar-refractivity contribution >= 4 is 141 Å². The average molecular weight is 2140 g/mol. The van der Waals surface area contributed by atoms with Gasteiger partial charge in [-0.2, -0.15) is 20.4 Å². The van der Waals surface area contributed by atoms with Crippen molar-refractivity contribution in [3.8, 4) is 56.5 Å². The summed E-state index contributed by atoms with van der Waals surface area (Å²) in [7, 11) is -5.09. The summed E-state index contributed by atoms with van der Waals surface area (Å²) in [5.74, 6) is 0.923. The van der Waals surface area contributed by atoms with E-state index in [1.54, 1.807) is 48.1 Å². The maximum atomic E-state index is 9.91. The second-order valence-electron chi connectivity index (χ2n) is 34.4. The number of allylic oxidation sites excluding steroid dienone is 1. The molecule has 9 aromatic heterocycles. The summed E-state index contributed by atoms with van der Waals surface area (Å²) >= 11 is 15.6. The standard InChI is InChI=1S/C23H31N3O2Si.2C14H20IN3OSi.C14H21N3O2Si.C9H11Br.C9H7IN2.C6H15ClOSi/c1-29(2,3)16-15-27-19-26-18-22(23(25-26)21-12-7-13-24-17-21)28-14-8-11-20-9-5-4-6-10-20;1-20(2,3)8-7-19-11-18-10-13(15)14(17-18)12-5-4-6-16-9-12;1-20(2,3)8-7-19-11-18-14(13(15)10-17-18)12-5-4-6-16-9-12;1-20(2,3)8-7-19-11-17-10-13(18)14(16-17)12-5-4-6-15-9-12;10-8-4-7-9-5-2-1-3-6-9;10-8-3-5-12-9(8)7-2-1-4-11-6-7;1-9(2,3)5-4-8-6-7/h4-7,9-10,12-13,17-18H,8,11,14-16,19H2,1-3H3;2*4-6,9-10H,7-8,11H2,1-3H3;4-6,9-10,18H,7-8,11H2,1-3H3;1-3,5-6H,4,7-8H2;1-4,6H,5H2;4-6H2,1-3H3. The summed E-state index contributed by atoms with van der Waals surface area (Å²) in [6.45, 7) is 42.3. The summed E-state index contributed by atoms with van der Waals surface area (Å²) < 4.78 is 44.7. The minimum absolute atomic E-state index is 0.145.